The van der Waals surface area contributed by atoms with Crippen molar-refractivity contribution >= 4 is 23.3 Å². The highest BCUT2D eigenvalue weighted by Gasteiger charge is 2.01. The number of H-pyrrole nitrogens is 1. The Morgan fingerprint density at radius 3 is 3.08 bits per heavy atom. The lowest BCUT2D eigenvalue weighted by atomic mass is 10.2. The van der Waals surface area contributed by atoms with Crippen molar-refractivity contribution in [1.29, 1.82) is 0 Å². The second-order valence-electron chi connectivity index (χ2n) is 2.84. The summed E-state index contributed by atoms with van der Waals surface area (Å²) in [7, 11) is 0. The van der Waals surface area contributed by atoms with Crippen LogP contribution in [0.25, 0.3) is 11.0 Å². The van der Waals surface area contributed by atoms with E-state index >= 15 is 0 Å². The van der Waals surface area contributed by atoms with Crippen LogP contribution in [0.5, 0.6) is 0 Å². The molecule has 0 aliphatic rings. The lowest BCUT2D eigenvalue weighted by Crippen LogP contribution is -1.89. The van der Waals surface area contributed by atoms with Gasteiger partial charge < -0.3 is 4.98 Å². The Balaban J connectivity index is 2.97. The van der Waals surface area contributed by atoms with Crippen LogP contribution in [0.3, 0.4) is 0 Å². The van der Waals surface area contributed by atoms with E-state index in [1.807, 2.05) is 6.92 Å². The van der Waals surface area contributed by atoms with Crippen LogP contribution < -0.4 is 0 Å². The summed E-state index contributed by atoms with van der Waals surface area (Å²) in [5.41, 5.74) is 1.35. The molecule has 2 heterocycles. The van der Waals surface area contributed by atoms with Crippen molar-refractivity contribution in [3.05, 3.63) is 34.4 Å². The van der Waals surface area contributed by atoms with Crippen molar-refractivity contribution in [2.45, 2.75) is 6.92 Å². The number of pyridine rings is 2. The maximum atomic E-state index is 13.2. The lowest BCUT2D eigenvalue weighted by molar-refractivity contribution is 0.638. The number of hydrogen-bond acceptors (Lipinski definition) is 2. The Morgan fingerprint density at radius 1 is 1.54 bits per heavy atom. The van der Waals surface area contributed by atoms with Crippen molar-refractivity contribution in [3.8, 4) is 0 Å². The van der Waals surface area contributed by atoms with E-state index in [4.69, 9.17) is 12.2 Å². The predicted molar refractivity (Wildman–Crippen MR) is 51.6 cm³/mol. The molecule has 0 bridgehead atoms. The minimum absolute atomic E-state index is 0.278. The first-order valence-corrected chi connectivity index (χ1v) is 4.23. The third-order valence-corrected chi connectivity index (χ3v) is 2.31. The Kier molecular flexibility index (Phi) is 1.84. The molecule has 4 heteroatoms. The smallest absolute Gasteiger partial charge is 0.141 e. The molecular formula is C9H7FN2S. The maximum Gasteiger partial charge on any atom is 0.141 e. The van der Waals surface area contributed by atoms with E-state index in [2.05, 4.69) is 9.97 Å². The Bertz CT molecular complexity index is 518. The number of hydrogen-bond donors (Lipinski definition) is 1. The van der Waals surface area contributed by atoms with E-state index in [1.165, 1.54) is 12.3 Å². The molecule has 0 atom stereocenters. The standard InChI is InChI=1S/C9H7FN2S/c1-5-4-6-7(10)2-3-11-8(6)12-9(5)13/h2-4H,1H3,(H,11,12,13). The molecule has 0 aromatic carbocycles. The molecule has 66 valence electrons. The monoisotopic (exact) mass is 194 g/mol. The molecule has 0 saturated heterocycles. The Morgan fingerprint density at radius 2 is 2.31 bits per heavy atom. The Labute approximate surface area is 79.4 Å². The van der Waals surface area contributed by atoms with Crippen LogP contribution in [-0.4, -0.2) is 9.97 Å². The molecular weight excluding hydrogens is 187 g/mol. The highest BCUT2D eigenvalue weighted by molar-refractivity contribution is 7.71. The summed E-state index contributed by atoms with van der Waals surface area (Å²) in [6, 6.07) is 3.04. The van der Waals surface area contributed by atoms with E-state index in [0.717, 1.165) is 5.56 Å². The SMILES string of the molecule is Cc1cc2c(F)ccnc2[nH]c1=S. The number of fused-ring (bicyclic) bond motifs is 1. The van der Waals surface area contributed by atoms with Gasteiger partial charge in [-0.05, 0) is 24.6 Å². The van der Waals surface area contributed by atoms with Crippen LogP contribution in [0, 0.1) is 17.4 Å². The quantitative estimate of drug-likeness (QED) is 0.653. The fourth-order valence-electron chi connectivity index (χ4n) is 1.17. The zero-order chi connectivity index (χ0) is 9.42. The van der Waals surface area contributed by atoms with Gasteiger partial charge in [0, 0.05) is 6.20 Å². The summed E-state index contributed by atoms with van der Waals surface area (Å²) in [6.45, 7) is 1.84. The van der Waals surface area contributed by atoms with Crippen LogP contribution in [0.15, 0.2) is 18.3 Å². The minimum Gasteiger partial charge on any atom is -0.331 e. The van der Waals surface area contributed by atoms with Crippen molar-refractivity contribution in [3.63, 3.8) is 0 Å². The van der Waals surface area contributed by atoms with Crippen molar-refractivity contribution < 1.29 is 4.39 Å². The lowest BCUT2D eigenvalue weighted by Gasteiger charge is -1.99. The van der Waals surface area contributed by atoms with Gasteiger partial charge in [0.15, 0.2) is 0 Å². The third kappa shape index (κ3) is 1.33. The van der Waals surface area contributed by atoms with Gasteiger partial charge in [-0.1, -0.05) is 12.2 Å². The topological polar surface area (TPSA) is 28.7 Å². The number of nitrogens with zero attached hydrogens (tertiary/aromatic N) is 1. The number of halogens is 1. The molecule has 2 rings (SSSR count). The van der Waals surface area contributed by atoms with Crippen LogP contribution in [0.4, 0.5) is 4.39 Å². The maximum absolute atomic E-state index is 13.2. The van der Waals surface area contributed by atoms with E-state index in [1.54, 1.807) is 6.07 Å². The summed E-state index contributed by atoms with van der Waals surface area (Å²) in [6.07, 6.45) is 1.41. The predicted octanol–water partition coefficient (Wildman–Crippen LogP) is 2.74. The van der Waals surface area contributed by atoms with Gasteiger partial charge >= 0.3 is 0 Å². The largest absolute Gasteiger partial charge is 0.331 e. The van der Waals surface area contributed by atoms with Gasteiger partial charge in [0.05, 0.1) is 5.39 Å². The number of aromatic amines is 1. The Hall–Kier alpha value is -1.29. The van der Waals surface area contributed by atoms with Crippen LogP contribution in [0.2, 0.25) is 0 Å². The fourth-order valence-corrected chi connectivity index (χ4v) is 1.33. The summed E-state index contributed by atoms with van der Waals surface area (Å²) < 4.78 is 13.8. The van der Waals surface area contributed by atoms with Gasteiger partial charge in [-0.3, -0.25) is 0 Å². The zero-order valence-electron chi connectivity index (χ0n) is 6.97. The van der Waals surface area contributed by atoms with Crippen molar-refractivity contribution in [2.24, 2.45) is 0 Å². The molecule has 0 saturated carbocycles. The van der Waals surface area contributed by atoms with E-state index < -0.39 is 0 Å². The van der Waals surface area contributed by atoms with Gasteiger partial charge in [-0.15, -0.1) is 0 Å². The number of aryl methyl sites for hydroxylation is 1. The molecule has 0 amide bonds. The molecule has 2 aromatic rings. The van der Waals surface area contributed by atoms with E-state index in [-0.39, 0.29) is 5.82 Å². The molecule has 0 unspecified atom stereocenters. The fraction of sp³-hybridized carbons (Fsp3) is 0.111. The second kappa shape index (κ2) is 2.88. The summed E-state index contributed by atoms with van der Waals surface area (Å²) >= 11 is 5.01. The number of aromatic nitrogens is 2. The molecule has 1 N–H and O–H groups in total. The highest BCUT2D eigenvalue weighted by Crippen LogP contribution is 2.14. The summed E-state index contributed by atoms with van der Waals surface area (Å²) in [4.78, 5) is 6.84. The van der Waals surface area contributed by atoms with Gasteiger partial charge in [-0.2, -0.15) is 0 Å². The number of rotatable bonds is 0. The molecule has 0 radical (unpaired) electrons. The van der Waals surface area contributed by atoms with Crippen molar-refractivity contribution in [2.75, 3.05) is 0 Å². The van der Waals surface area contributed by atoms with Crippen LogP contribution in [0.1, 0.15) is 5.56 Å². The normalized spacial score (nSPS) is 10.6. The molecule has 0 fully saturated rings. The van der Waals surface area contributed by atoms with Crippen LogP contribution in [-0.2, 0) is 0 Å². The van der Waals surface area contributed by atoms with E-state index in [0.29, 0.717) is 15.7 Å². The minimum atomic E-state index is -0.278. The average Bonchev–Trinajstić information content (AvgIpc) is 2.09. The van der Waals surface area contributed by atoms with Crippen molar-refractivity contribution in [1.82, 2.24) is 9.97 Å². The first-order chi connectivity index (χ1) is 6.18. The highest BCUT2D eigenvalue weighted by atomic mass is 32.1. The van der Waals surface area contributed by atoms with E-state index in [9.17, 15) is 4.39 Å². The summed E-state index contributed by atoms with van der Waals surface area (Å²) in [5, 5.41) is 0.480. The third-order valence-electron chi connectivity index (χ3n) is 1.89. The summed E-state index contributed by atoms with van der Waals surface area (Å²) in [5.74, 6) is -0.278. The van der Waals surface area contributed by atoms with Gasteiger partial charge in [0.25, 0.3) is 0 Å². The molecule has 2 aromatic heterocycles. The molecule has 0 aliphatic carbocycles. The average molecular weight is 194 g/mol. The van der Waals surface area contributed by atoms with Gasteiger partial charge in [0.2, 0.25) is 0 Å². The molecule has 2 nitrogen and oxygen atoms in total. The van der Waals surface area contributed by atoms with Crippen LogP contribution >= 0.6 is 12.2 Å². The molecule has 0 spiro atoms. The van der Waals surface area contributed by atoms with Gasteiger partial charge in [0.1, 0.15) is 16.1 Å². The number of nitrogens with one attached hydrogen (secondary N) is 1. The van der Waals surface area contributed by atoms with Gasteiger partial charge in [-0.25, -0.2) is 9.37 Å². The molecule has 13 heavy (non-hydrogen) atoms. The first-order valence-electron chi connectivity index (χ1n) is 3.82. The first kappa shape index (κ1) is 8.31. The molecule has 0 aliphatic heterocycles. The zero-order valence-corrected chi connectivity index (χ0v) is 7.78. The second-order valence-corrected chi connectivity index (χ2v) is 3.24.